The monoisotopic (exact) mass is 205 g/mol. The van der Waals surface area contributed by atoms with Crippen molar-refractivity contribution in [3.05, 3.63) is 23.0 Å². The van der Waals surface area contributed by atoms with Gasteiger partial charge < -0.3 is 9.88 Å². The van der Waals surface area contributed by atoms with Crippen molar-refractivity contribution < 1.29 is 0 Å². The van der Waals surface area contributed by atoms with Crippen LogP contribution in [0.15, 0.2) is 6.07 Å². The third-order valence-electron chi connectivity index (χ3n) is 2.72. The molecule has 0 unspecified atom stereocenters. The summed E-state index contributed by atoms with van der Waals surface area (Å²) in [4.78, 5) is 0. The van der Waals surface area contributed by atoms with E-state index in [1.807, 2.05) is 0 Å². The second-order valence-corrected chi connectivity index (χ2v) is 3.73. The van der Waals surface area contributed by atoms with Gasteiger partial charge >= 0.3 is 0 Å². The van der Waals surface area contributed by atoms with E-state index < -0.39 is 0 Å². The van der Waals surface area contributed by atoms with Gasteiger partial charge in [-0.25, -0.2) is 0 Å². The smallest absolute Gasteiger partial charge is 0.0635 e. The van der Waals surface area contributed by atoms with E-state index >= 15 is 0 Å². The van der Waals surface area contributed by atoms with Crippen molar-refractivity contribution in [1.29, 1.82) is 5.26 Å². The Hall–Kier alpha value is -1.27. The van der Waals surface area contributed by atoms with E-state index in [2.05, 4.69) is 42.8 Å². The summed E-state index contributed by atoms with van der Waals surface area (Å²) in [6.07, 6.45) is 0.576. The van der Waals surface area contributed by atoms with Crippen LogP contribution in [-0.2, 0) is 13.1 Å². The Bertz CT molecular complexity index is 358. The highest BCUT2D eigenvalue weighted by molar-refractivity contribution is 5.26. The molecule has 1 aromatic heterocycles. The van der Waals surface area contributed by atoms with Gasteiger partial charge in [0, 0.05) is 37.4 Å². The normalized spacial score (nSPS) is 10.3. The highest BCUT2D eigenvalue weighted by Gasteiger charge is 2.06. The van der Waals surface area contributed by atoms with Crippen molar-refractivity contribution in [2.24, 2.45) is 0 Å². The van der Waals surface area contributed by atoms with E-state index in [9.17, 15) is 0 Å². The third kappa shape index (κ3) is 2.84. The molecule has 0 aromatic carbocycles. The van der Waals surface area contributed by atoms with E-state index in [0.29, 0.717) is 6.42 Å². The number of hydrogen-bond donors (Lipinski definition) is 1. The van der Waals surface area contributed by atoms with Gasteiger partial charge in [0.05, 0.1) is 6.07 Å². The fourth-order valence-electron chi connectivity index (χ4n) is 1.91. The molecule has 0 spiro atoms. The van der Waals surface area contributed by atoms with Crippen LogP contribution in [0.2, 0.25) is 0 Å². The Morgan fingerprint density at radius 2 is 2.20 bits per heavy atom. The molecule has 3 nitrogen and oxygen atoms in total. The standard InChI is InChI=1S/C12H19N3/c1-4-15-10(2)8-12(11(15)3)9-14-7-5-6-13/h8,14H,4-5,7,9H2,1-3H3. The zero-order chi connectivity index (χ0) is 11.3. The Kier molecular flexibility index (Phi) is 4.38. The summed E-state index contributed by atoms with van der Waals surface area (Å²) in [5.41, 5.74) is 3.99. The van der Waals surface area contributed by atoms with Crippen molar-refractivity contribution in [3.63, 3.8) is 0 Å². The molecule has 0 saturated heterocycles. The summed E-state index contributed by atoms with van der Waals surface area (Å²) in [6, 6.07) is 4.35. The lowest BCUT2D eigenvalue weighted by molar-refractivity contribution is 0.680. The average Bonchev–Trinajstić information content (AvgIpc) is 2.49. The van der Waals surface area contributed by atoms with Crippen molar-refractivity contribution >= 4 is 0 Å². The predicted octanol–water partition coefficient (Wildman–Crippen LogP) is 2.13. The van der Waals surface area contributed by atoms with Crippen LogP contribution in [0.4, 0.5) is 0 Å². The molecule has 0 fully saturated rings. The fraction of sp³-hybridized carbons (Fsp3) is 0.583. The second kappa shape index (κ2) is 5.57. The maximum atomic E-state index is 8.41. The Morgan fingerprint density at radius 1 is 1.47 bits per heavy atom. The first kappa shape index (κ1) is 11.8. The largest absolute Gasteiger partial charge is 0.349 e. The van der Waals surface area contributed by atoms with Crippen LogP contribution in [0.1, 0.15) is 30.3 Å². The fourth-order valence-corrected chi connectivity index (χ4v) is 1.91. The van der Waals surface area contributed by atoms with Crippen LogP contribution < -0.4 is 5.32 Å². The van der Waals surface area contributed by atoms with Crippen LogP contribution in [0.25, 0.3) is 0 Å². The molecule has 0 aliphatic rings. The van der Waals surface area contributed by atoms with Gasteiger partial charge in [-0.15, -0.1) is 0 Å². The molecular weight excluding hydrogens is 186 g/mol. The van der Waals surface area contributed by atoms with E-state index in [4.69, 9.17) is 5.26 Å². The summed E-state index contributed by atoms with van der Waals surface area (Å²) in [6.45, 7) is 9.10. The molecular formula is C12H19N3. The SMILES string of the molecule is CCn1c(C)cc(CNCCC#N)c1C. The number of rotatable bonds is 5. The molecule has 0 radical (unpaired) electrons. The summed E-state index contributed by atoms with van der Waals surface area (Å²) < 4.78 is 2.31. The lowest BCUT2D eigenvalue weighted by Gasteiger charge is -2.06. The maximum Gasteiger partial charge on any atom is 0.0635 e. The molecule has 15 heavy (non-hydrogen) atoms. The van der Waals surface area contributed by atoms with Gasteiger partial charge in [-0.3, -0.25) is 0 Å². The molecule has 1 heterocycles. The van der Waals surface area contributed by atoms with Crippen LogP contribution in [0.3, 0.4) is 0 Å². The van der Waals surface area contributed by atoms with Crippen LogP contribution in [-0.4, -0.2) is 11.1 Å². The zero-order valence-corrected chi connectivity index (χ0v) is 9.80. The van der Waals surface area contributed by atoms with Gasteiger partial charge in [-0.2, -0.15) is 5.26 Å². The van der Waals surface area contributed by atoms with Crippen LogP contribution in [0.5, 0.6) is 0 Å². The van der Waals surface area contributed by atoms with E-state index in [-0.39, 0.29) is 0 Å². The van der Waals surface area contributed by atoms with Gasteiger partial charge in [0.2, 0.25) is 0 Å². The van der Waals surface area contributed by atoms with Gasteiger partial charge in [0.15, 0.2) is 0 Å². The predicted molar refractivity (Wildman–Crippen MR) is 61.5 cm³/mol. The first-order valence-corrected chi connectivity index (χ1v) is 5.44. The number of hydrogen-bond acceptors (Lipinski definition) is 2. The Balaban J connectivity index is 2.59. The van der Waals surface area contributed by atoms with Crippen LogP contribution >= 0.6 is 0 Å². The van der Waals surface area contributed by atoms with E-state index in [1.165, 1.54) is 17.0 Å². The number of aryl methyl sites for hydroxylation is 1. The highest BCUT2D eigenvalue weighted by Crippen LogP contribution is 2.14. The van der Waals surface area contributed by atoms with Crippen molar-refractivity contribution in [1.82, 2.24) is 9.88 Å². The molecule has 1 rings (SSSR count). The molecule has 82 valence electrons. The lowest BCUT2D eigenvalue weighted by Crippen LogP contribution is -2.14. The first-order valence-electron chi connectivity index (χ1n) is 5.44. The van der Waals surface area contributed by atoms with E-state index in [1.54, 1.807) is 0 Å². The minimum atomic E-state index is 0.576. The molecule has 0 saturated carbocycles. The minimum absolute atomic E-state index is 0.576. The Labute approximate surface area is 91.7 Å². The number of nitrogens with zero attached hydrogens (tertiary/aromatic N) is 2. The van der Waals surface area contributed by atoms with Crippen molar-refractivity contribution in [2.75, 3.05) is 6.54 Å². The minimum Gasteiger partial charge on any atom is -0.349 e. The van der Waals surface area contributed by atoms with E-state index in [0.717, 1.165) is 19.6 Å². The molecule has 0 bridgehead atoms. The molecule has 0 aliphatic heterocycles. The van der Waals surface area contributed by atoms with Crippen molar-refractivity contribution in [2.45, 2.75) is 40.3 Å². The lowest BCUT2D eigenvalue weighted by atomic mass is 10.2. The summed E-state index contributed by atoms with van der Waals surface area (Å²) in [5.74, 6) is 0. The maximum absolute atomic E-state index is 8.41. The molecule has 0 atom stereocenters. The summed E-state index contributed by atoms with van der Waals surface area (Å²) in [7, 11) is 0. The van der Waals surface area contributed by atoms with Gasteiger partial charge in [0.25, 0.3) is 0 Å². The topological polar surface area (TPSA) is 40.8 Å². The third-order valence-corrected chi connectivity index (χ3v) is 2.72. The number of nitrogens with one attached hydrogen (secondary N) is 1. The number of aromatic nitrogens is 1. The van der Waals surface area contributed by atoms with Crippen LogP contribution in [0, 0.1) is 25.2 Å². The van der Waals surface area contributed by atoms with Crippen molar-refractivity contribution in [3.8, 4) is 6.07 Å². The quantitative estimate of drug-likeness (QED) is 0.748. The van der Waals surface area contributed by atoms with Gasteiger partial charge in [0.1, 0.15) is 0 Å². The molecule has 1 aromatic rings. The van der Waals surface area contributed by atoms with Gasteiger partial charge in [-0.05, 0) is 32.4 Å². The molecule has 0 amide bonds. The highest BCUT2D eigenvalue weighted by atomic mass is 15.0. The summed E-state index contributed by atoms with van der Waals surface area (Å²) in [5, 5.41) is 11.7. The molecule has 1 N–H and O–H groups in total. The molecule has 3 heteroatoms. The number of nitriles is 1. The summed E-state index contributed by atoms with van der Waals surface area (Å²) >= 11 is 0. The Morgan fingerprint density at radius 3 is 2.73 bits per heavy atom. The average molecular weight is 205 g/mol. The van der Waals surface area contributed by atoms with Gasteiger partial charge in [-0.1, -0.05) is 0 Å². The molecule has 0 aliphatic carbocycles. The first-order chi connectivity index (χ1) is 7.20. The second-order valence-electron chi connectivity index (χ2n) is 3.73. The zero-order valence-electron chi connectivity index (χ0n) is 9.80.